The quantitative estimate of drug-likeness (QED) is 0.108. The van der Waals surface area contributed by atoms with Gasteiger partial charge in [0.1, 0.15) is 12.4 Å². The first-order valence-electron chi connectivity index (χ1n) is 13.1. The Balaban J connectivity index is 0.00000363. The number of rotatable bonds is 14. The second kappa shape index (κ2) is 22.2. The van der Waals surface area contributed by atoms with Crippen molar-refractivity contribution in [2.45, 2.75) is 47.0 Å². The van der Waals surface area contributed by atoms with Gasteiger partial charge in [-0.25, -0.2) is 18.6 Å². The van der Waals surface area contributed by atoms with Crippen LogP contribution in [-0.2, 0) is 14.3 Å². The predicted molar refractivity (Wildman–Crippen MR) is 157 cm³/mol. The Morgan fingerprint density at radius 1 is 1.18 bits per heavy atom. The normalized spacial score (nSPS) is 13.1. The average Bonchev–Trinajstić information content (AvgIpc) is 3.21. The highest BCUT2D eigenvalue weighted by Crippen LogP contribution is 2.24. The molecule has 1 aromatic rings. The lowest BCUT2D eigenvalue weighted by Gasteiger charge is -2.24. The summed E-state index contributed by atoms with van der Waals surface area (Å²) in [5.41, 5.74) is 2.58. The maximum absolute atomic E-state index is 13.1. The van der Waals surface area contributed by atoms with Gasteiger partial charge in [-0.3, -0.25) is 9.37 Å². The number of aromatic nitrogens is 2. The minimum absolute atomic E-state index is 0.0109. The molecule has 0 bridgehead atoms. The number of allylic oxidation sites excluding steroid dienone is 7. The minimum atomic E-state index is -2.51. The standard InChI is InChI=1S/C28H37F2N3O3.C2H2.CH3F/c1-5-14-33(19-22(16-21(3)4)9-8-15-35-20-27(34)36-6-2)26-18-31-17-25(32-26)23-10-7-11-24(13-12-23)28(29)30;2*1-2/h7-9,11-13,16-18,21,28H,5-6,10,14-15,19-20H2,1-4H3;1-2H;1H3/b9-8-,22-16+;;. The Bertz CT molecular complexity index is 1040. The molecule has 0 amide bonds. The number of carbonyl (C=O) groups excluding carboxylic acids is 1. The third-order valence-electron chi connectivity index (χ3n) is 5.14. The van der Waals surface area contributed by atoms with Crippen molar-refractivity contribution >= 4 is 17.4 Å². The van der Waals surface area contributed by atoms with Gasteiger partial charge >= 0.3 is 5.97 Å². The minimum Gasteiger partial charge on any atom is -0.464 e. The first-order valence-corrected chi connectivity index (χ1v) is 13.1. The fraction of sp³-hybridized carbons (Fsp3) is 0.452. The third kappa shape index (κ3) is 14.5. The Hall–Kier alpha value is -3.64. The molecule has 0 fully saturated rings. The molecule has 1 aromatic heterocycles. The van der Waals surface area contributed by atoms with Crippen molar-refractivity contribution in [3.63, 3.8) is 0 Å². The zero-order chi connectivity index (χ0) is 30.3. The summed E-state index contributed by atoms with van der Waals surface area (Å²) in [5, 5.41) is 0. The number of terminal acetylenes is 1. The van der Waals surface area contributed by atoms with Gasteiger partial charge in [-0.05, 0) is 36.8 Å². The molecule has 0 radical (unpaired) electrons. The van der Waals surface area contributed by atoms with Gasteiger partial charge in [-0.15, -0.1) is 12.8 Å². The van der Waals surface area contributed by atoms with E-state index in [0.717, 1.165) is 29.9 Å². The van der Waals surface area contributed by atoms with Crippen LogP contribution in [0, 0.1) is 18.8 Å². The number of esters is 1. The van der Waals surface area contributed by atoms with E-state index in [4.69, 9.17) is 14.5 Å². The van der Waals surface area contributed by atoms with Crippen LogP contribution in [0.5, 0.6) is 0 Å². The molecular formula is C31H42F3N3O3. The van der Waals surface area contributed by atoms with Crippen molar-refractivity contribution in [3.05, 3.63) is 71.8 Å². The number of alkyl halides is 3. The molecule has 0 aliphatic heterocycles. The fourth-order valence-corrected chi connectivity index (χ4v) is 3.61. The van der Waals surface area contributed by atoms with E-state index in [2.05, 4.69) is 49.6 Å². The maximum Gasteiger partial charge on any atom is 0.332 e. The first kappa shape index (κ1) is 36.4. The number of carbonyl (C=O) groups is 1. The zero-order valence-electron chi connectivity index (χ0n) is 24.2. The van der Waals surface area contributed by atoms with E-state index >= 15 is 0 Å². The molecule has 40 heavy (non-hydrogen) atoms. The number of anilines is 1. The summed E-state index contributed by atoms with van der Waals surface area (Å²) < 4.78 is 45.9. The van der Waals surface area contributed by atoms with E-state index in [1.165, 1.54) is 12.2 Å². The summed E-state index contributed by atoms with van der Waals surface area (Å²) in [6, 6.07) is 0. The van der Waals surface area contributed by atoms with Crippen LogP contribution in [0.4, 0.5) is 19.0 Å². The Kier molecular flexibility index (Phi) is 20.2. The third-order valence-corrected chi connectivity index (χ3v) is 5.14. The van der Waals surface area contributed by atoms with Crippen molar-refractivity contribution in [1.82, 2.24) is 9.97 Å². The lowest BCUT2D eigenvalue weighted by molar-refractivity contribution is -0.147. The van der Waals surface area contributed by atoms with Crippen LogP contribution in [0.3, 0.4) is 0 Å². The van der Waals surface area contributed by atoms with Crippen molar-refractivity contribution in [3.8, 4) is 12.8 Å². The molecule has 6 nitrogen and oxygen atoms in total. The predicted octanol–water partition coefficient (Wildman–Crippen LogP) is 6.78. The van der Waals surface area contributed by atoms with Crippen LogP contribution in [0.25, 0.3) is 5.57 Å². The van der Waals surface area contributed by atoms with Crippen molar-refractivity contribution in [2.24, 2.45) is 5.92 Å². The molecule has 0 aromatic carbocycles. The van der Waals surface area contributed by atoms with Crippen LogP contribution in [0.15, 0.2) is 66.1 Å². The SMILES string of the molecule is C#C.CCCN(CC(/C=C\COCC(=O)OCC)=C/C(C)C)c1cncc(C2=CC=C(C(F)F)C=CC2)n1.CF. The van der Waals surface area contributed by atoms with Crippen LogP contribution < -0.4 is 4.90 Å². The van der Waals surface area contributed by atoms with Crippen molar-refractivity contribution < 1.29 is 27.4 Å². The molecule has 2 rings (SSSR count). The van der Waals surface area contributed by atoms with Crippen LogP contribution >= 0.6 is 0 Å². The summed E-state index contributed by atoms with van der Waals surface area (Å²) in [6.07, 6.45) is 22.7. The Morgan fingerprint density at radius 2 is 1.90 bits per heavy atom. The van der Waals surface area contributed by atoms with Crippen molar-refractivity contribution in [2.75, 3.05) is 45.0 Å². The summed E-state index contributed by atoms with van der Waals surface area (Å²) in [7, 11) is 0.500. The molecule has 0 saturated heterocycles. The summed E-state index contributed by atoms with van der Waals surface area (Å²) in [4.78, 5) is 22.8. The van der Waals surface area contributed by atoms with Gasteiger partial charge in [0, 0.05) is 18.7 Å². The number of hydrogen-bond acceptors (Lipinski definition) is 6. The zero-order valence-corrected chi connectivity index (χ0v) is 24.2. The van der Waals surface area contributed by atoms with E-state index < -0.39 is 6.43 Å². The number of nitrogens with zero attached hydrogens (tertiary/aromatic N) is 3. The average molecular weight is 562 g/mol. The largest absolute Gasteiger partial charge is 0.464 e. The first-order chi connectivity index (χ1) is 19.3. The van der Waals surface area contributed by atoms with E-state index in [9.17, 15) is 18.0 Å². The molecule has 1 aliphatic rings. The van der Waals surface area contributed by atoms with Gasteiger partial charge < -0.3 is 14.4 Å². The fourth-order valence-electron chi connectivity index (χ4n) is 3.61. The monoisotopic (exact) mass is 561 g/mol. The van der Waals surface area contributed by atoms with Gasteiger partial charge in [-0.2, -0.15) is 0 Å². The number of ether oxygens (including phenoxy) is 2. The van der Waals surface area contributed by atoms with Crippen LogP contribution in [0.1, 0.15) is 46.2 Å². The van der Waals surface area contributed by atoms with Gasteiger partial charge in [0.2, 0.25) is 0 Å². The van der Waals surface area contributed by atoms with E-state index in [0.29, 0.717) is 45.0 Å². The number of hydrogen-bond donors (Lipinski definition) is 0. The van der Waals surface area contributed by atoms with Gasteiger partial charge in [0.15, 0.2) is 0 Å². The molecule has 0 saturated carbocycles. The second-order valence-electron chi connectivity index (χ2n) is 8.66. The highest BCUT2D eigenvalue weighted by molar-refractivity contribution is 5.70. The molecule has 0 atom stereocenters. The van der Waals surface area contributed by atoms with E-state index in [1.807, 2.05) is 12.2 Å². The highest BCUT2D eigenvalue weighted by atomic mass is 19.3. The highest BCUT2D eigenvalue weighted by Gasteiger charge is 2.14. The van der Waals surface area contributed by atoms with Gasteiger partial charge in [0.25, 0.3) is 6.43 Å². The van der Waals surface area contributed by atoms with Crippen LogP contribution in [0.2, 0.25) is 0 Å². The number of halogens is 3. The molecule has 1 heterocycles. The Morgan fingerprint density at radius 3 is 2.52 bits per heavy atom. The summed E-state index contributed by atoms with van der Waals surface area (Å²) in [6.45, 7) is 10.0. The smallest absolute Gasteiger partial charge is 0.332 e. The molecular weight excluding hydrogens is 519 g/mol. The lowest BCUT2D eigenvalue weighted by atomic mass is 10.1. The molecule has 220 valence electrons. The van der Waals surface area contributed by atoms with Gasteiger partial charge in [-0.1, -0.05) is 63.3 Å². The summed E-state index contributed by atoms with van der Waals surface area (Å²) >= 11 is 0. The summed E-state index contributed by atoms with van der Waals surface area (Å²) in [5.74, 6) is 0.685. The van der Waals surface area contributed by atoms with Gasteiger partial charge in [0.05, 0.1) is 38.5 Å². The molecule has 1 aliphatic carbocycles. The molecule has 9 heteroatoms. The molecule has 0 N–H and O–H groups in total. The Labute approximate surface area is 237 Å². The molecule has 0 unspecified atom stereocenters. The maximum atomic E-state index is 13.1. The van der Waals surface area contributed by atoms with E-state index in [1.54, 1.807) is 31.5 Å². The van der Waals surface area contributed by atoms with Crippen molar-refractivity contribution in [1.29, 1.82) is 0 Å². The van der Waals surface area contributed by atoms with E-state index in [-0.39, 0.29) is 18.1 Å². The topological polar surface area (TPSA) is 64.5 Å². The van der Waals surface area contributed by atoms with Crippen LogP contribution in [-0.4, -0.2) is 62.5 Å². The molecule has 0 spiro atoms. The lowest BCUT2D eigenvalue weighted by Crippen LogP contribution is -2.27. The second-order valence-corrected chi connectivity index (χ2v) is 8.66.